The molecule has 0 spiro atoms. The molecule has 0 aliphatic carbocycles. The van der Waals surface area contributed by atoms with Crippen LogP contribution >= 0.6 is 0 Å². The first-order valence-corrected chi connectivity index (χ1v) is 15.0. The minimum atomic E-state index is -1.04. The average Bonchev–Trinajstić information content (AvgIpc) is 3.33. The first-order valence-electron chi connectivity index (χ1n) is 15.0. The largest absolute Gasteiger partial charge is 0.480 e. The predicted octanol–water partition coefficient (Wildman–Crippen LogP) is 3.40. The summed E-state index contributed by atoms with van der Waals surface area (Å²) in [6.07, 6.45) is 7.55. The molecule has 2 N–H and O–H groups in total. The molecule has 40 heavy (non-hydrogen) atoms. The summed E-state index contributed by atoms with van der Waals surface area (Å²) >= 11 is 0. The van der Waals surface area contributed by atoms with Gasteiger partial charge in [-0.15, -0.1) is 0 Å². The zero-order chi connectivity index (χ0) is 31.3. The molecule has 236 valence electrons. The quantitative estimate of drug-likeness (QED) is 0.387. The van der Waals surface area contributed by atoms with Crippen molar-refractivity contribution in [2.45, 2.75) is 99.1 Å². The summed E-state index contributed by atoms with van der Waals surface area (Å²) in [5.41, 5.74) is 0. The van der Waals surface area contributed by atoms with E-state index >= 15 is 0 Å². The summed E-state index contributed by atoms with van der Waals surface area (Å²) in [6, 6.07) is -0.480. The van der Waals surface area contributed by atoms with E-state index in [-0.39, 0.29) is 42.9 Å². The fourth-order valence-electron chi connectivity index (χ4n) is 4.37. The van der Waals surface area contributed by atoms with E-state index < -0.39 is 5.97 Å². The molecule has 3 amide bonds. The normalized spacial score (nSPS) is 17.8. The topological polar surface area (TPSA) is 113 Å². The van der Waals surface area contributed by atoms with E-state index in [1.807, 2.05) is 18.7 Å². The van der Waals surface area contributed by atoms with E-state index in [2.05, 4.69) is 51.9 Å². The lowest BCUT2D eigenvalue weighted by molar-refractivity contribution is -0.145. The molecule has 2 heterocycles. The molecule has 2 saturated heterocycles. The molecule has 0 saturated carbocycles. The lowest BCUT2D eigenvalue weighted by Gasteiger charge is -2.36. The third-order valence-corrected chi connectivity index (χ3v) is 6.40. The zero-order valence-electron chi connectivity index (χ0n) is 27.2. The molecule has 0 aromatic carbocycles. The highest BCUT2D eigenvalue weighted by Crippen LogP contribution is 2.22. The van der Waals surface area contributed by atoms with Crippen molar-refractivity contribution in [3.63, 3.8) is 0 Å². The molecular formula is C30H61N5O5. The van der Waals surface area contributed by atoms with Gasteiger partial charge in [0.1, 0.15) is 6.54 Å². The Morgan fingerprint density at radius 3 is 1.90 bits per heavy atom. The van der Waals surface area contributed by atoms with E-state index in [0.29, 0.717) is 19.4 Å². The zero-order valence-corrected chi connectivity index (χ0v) is 27.2. The number of likely N-dealkylation sites (N-methyl/N-ethyl adjacent to an activating group) is 2. The van der Waals surface area contributed by atoms with Gasteiger partial charge in [0.05, 0.1) is 12.6 Å². The standard InChI is InChI=1S/C17H30N4O5.C6H13N.C4H10.C3H8/c1-12(2)14(20(4)15(23)8-18-11-22)9-21-7-5-6-13(21)17(26)19(3)10-16(24)25;1-7-5-3-2-4-6-7;1-4(2)3;1-3-2/h11-14H,5-10H2,1-4H3,(H,18,22)(H,24,25);2-6H2,1H3;4H,1-3H3;3H2,1-2H3/t13-,14+;;;/m0.../s1. The van der Waals surface area contributed by atoms with Gasteiger partial charge in [-0.25, -0.2) is 0 Å². The summed E-state index contributed by atoms with van der Waals surface area (Å²) in [5, 5.41) is 11.3. The van der Waals surface area contributed by atoms with Crippen LogP contribution in [0.3, 0.4) is 0 Å². The van der Waals surface area contributed by atoms with Gasteiger partial charge in [0, 0.05) is 26.7 Å². The van der Waals surface area contributed by atoms with E-state index in [1.54, 1.807) is 11.9 Å². The number of nitrogens with zero attached hydrogens (tertiary/aromatic N) is 4. The van der Waals surface area contributed by atoms with Crippen LogP contribution in [0, 0.1) is 11.8 Å². The van der Waals surface area contributed by atoms with Gasteiger partial charge in [-0.2, -0.15) is 0 Å². The highest BCUT2D eigenvalue weighted by Gasteiger charge is 2.36. The highest BCUT2D eigenvalue weighted by atomic mass is 16.4. The number of piperidine rings is 1. The van der Waals surface area contributed by atoms with Gasteiger partial charge in [-0.3, -0.25) is 24.1 Å². The number of carbonyl (C=O) groups excluding carboxylic acids is 3. The van der Waals surface area contributed by atoms with Gasteiger partial charge in [0.2, 0.25) is 18.2 Å². The molecule has 10 nitrogen and oxygen atoms in total. The van der Waals surface area contributed by atoms with Crippen LogP contribution in [0.4, 0.5) is 0 Å². The maximum atomic E-state index is 12.6. The van der Waals surface area contributed by atoms with Crippen molar-refractivity contribution in [3.8, 4) is 0 Å². The Hall–Kier alpha value is -2.20. The molecule has 0 unspecified atom stereocenters. The van der Waals surface area contributed by atoms with E-state index in [0.717, 1.165) is 18.9 Å². The number of likely N-dealkylation sites (tertiary alicyclic amines) is 2. The molecule has 10 heteroatoms. The monoisotopic (exact) mass is 571 g/mol. The minimum absolute atomic E-state index is 0.0626. The van der Waals surface area contributed by atoms with Gasteiger partial charge in [0.15, 0.2) is 0 Å². The van der Waals surface area contributed by atoms with Gasteiger partial charge in [-0.1, -0.05) is 61.3 Å². The van der Waals surface area contributed by atoms with Crippen molar-refractivity contribution in [3.05, 3.63) is 0 Å². The Morgan fingerprint density at radius 2 is 1.50 bits per heavy atom. The van der Waals surface area contributed by atoms with Crippen LogP contribution in [-0.4, -0.2) is 121 Å². The van der Waals surface area contributed by atoms with Crippen LogP contribution in [0.5, 0.6) is 0 Å². The molecule has 2 rings (SSSR count). The Kier molecular flexibility index (Phi) is 23.5. The minimum Gasteiger partial charge on any atom is -0.480 e. The number of aliphatic carboxylic acids is 1. The first kappa shape index (κ1) is 39.9. The predicted molar refractivity (Wildman–Crippen MR) is 163 cm³/mol. The number of carboxylic acids is 1. The average molecular weight is 572 g/mol. The Bertz CT molecular complexity index is 695. The van der Waals surface area contributed by atoms with Crippen molar-refractivity contribution >= 4 is 24.2 Å². The molecule has 2 aliphatic rings. The van der Waals surface area contributed by atoms with Crippen molar-refractivity contribution < 1.29 is 24.3 Å². The van der Waals surface area contributed by atoms with Gasteiger partial charge >= 0.3 is 5.97 Å². The van der Waals surface area contributed by atoms with E-state index in [9.17, 15) is 19.2 Å². The highest BCUT2D eigenvalue weighted by molar-refractivity contribution is 5.85. The number of hydrogen-bond donors (Lipinski definition) is 2. The van der Waals surface area contributed by atoms with E-state index in [4.69, 9.17) is 5.11 Å². The second-order valence-corrected chi connectivity index (χ2v) is 11.9. The molecule has 2 fully saturated rings. The second kappa shape index (κ2) is 23.5. The molecule has 0 bridgehead atoms. The molecule has 0 radical (unpaired) electrons. The Balaban J connectivity index is 0. The summed E-state index contributed by atoms with van der Waals surface area (Å²) < 4.78 is 0. The van der Waals surface area contributed by atoms with Gasteiger partial charge in [-0.05, 0) is 64.2 Å². The third kappa shape index (κ3) is 19.0. The molecule has 0 aromatic rings. The van der Waals surface area contributed by atoms with Gasteiger partial charge in [0.25, 0.3) is 0 Å². The van der Waals surface area contributed by atoms with Crippen LogP contribution in [0.25, 0.3) is 0 Å². The van der Waals surface area contributed by atoms with Gasteiger partial charge < -0.3 is 25.1 Å². The second-order valence-electron chi connectivity index (χ2n) is 11.9. The number of carbonyl (C=O) groups is 4. The molecule has 2 aliphatic heterocycles. The smallest absolute Gasteiger partial charge is 0.323 e. The van der Waals surface area contributed by atoms with Crippen LogP contribution in [0.1, 0.15) is 87.0 Å². The lowest BCUT2D eigenvalue weighted by atomic mass is 10.0. The molecule has 2 atom stereocenters. The lowest BCUT2D eigenvalue weighted by Crippen LogP contribution is -2.53. The van der Waals surface area contributed by atoms with Crippen molar-refractivity contribution in [2.75, 3.05) is 60.4 Å². The fraction of sp³-hybridized carbons (Fsp3) is 0.867. The maximum Gasteiger partial charge on any atom is 0.323 e. The fourth-order valence-corrected chi connectivity index (χ4v) is 4.37. The molecule has 0 aromatic heterocycles. The Labute approximate surface area is 244 Å². The Morgan fingerprint density at radius 1 is 0.975 bits per heavy atom. The van der Waals surface area contributed by atoms with Crippen LogP contribution in [0.2, 0.25) is 0 Å². The number of rotatable bonds is 10. The third-order valence-electron chi connectivity index (χ3n) is 6.40. The number of amides is 3. The first-order chi connectivity index (χ1) is 18.7. The van der Waals surface area contributed by atoms with E-state index in [1.165, 1.54) is 50.7 Å². The number of nitrogens with one attached hydrogen (secondary N) is 1. The SMILES string of the molecule is CC(C)C.CC(C)[C@@H](CN1CCC[C@H]1C(=O)N(C)CC(=O)O)N(C)C(=O)CNC=O.CCC.CN1CCCCC1. The van der Waals surface area contributed by atoms with Crippen molar-refractivity contribution in [1.29, 1.82) is 0 Å². The maximum absolute atomic E-state index is 12.6. The summed E-state index contributed by atoms with van der Waals surface area (Å²) in [6.45, 7) is 18.3. The molecular weight excluding hydrogens is 510 g/mol. The van der Waals surface area contributed by atoms with Crippen LogP contribution < -0.4 is 5.32 Å². The van der Waals surface area contributed by atoms with Crippen LogP contribution in [-0.2, 0) is 19.2 Å². The number of hydrogen-bond acceptors (Lipinski definition) is 6. The summed E-state index contributed by atoms with van der Waals surface area (Å²) in [4.78, 5) is 53.3. The van der Waals surface area contributed by atoms with Crippen molar-refractivity contribution in [2.24, 2.45) is 11.8 Å². The van der Waals surface area contributed by atoms with Crippen molar-refractivity contribution in [1.82, 2.24) is 24.9 Å². The number of carboxylic acid groups (broad SMARTS) is 1. The summed E-state index contributed by atoms with van der Waals surface area (Å²) in [5.74, 6) is -0.448. The van der Waals surface area contributed by atoms with Crippen LogP contribution in [0.15, 0.2) is 0 Å². The summed E-state index contributed by atoms with van der Waals surface area (Å²) in [7, 11) is 5.38.